The van der Waals surface area contributed by atoms with Crippen LogP contribution in [0.5, 0.6) is 11.5 Å². The van der Waals surface area contributed by atoms with Gasteiger partial charge in [0.05, 0.1) is 0 Å². The smallest absolute Gasteiger partial charge is 0.475 e. The molecule has 4 nitrogen and oxygen atoms in total. The highest BCUT2D eigenvalue weighted by atomic mass is 31.2. The zero-order chi connectivity index (χ0) is 20.6. The molecule has 0 aliphatic carbocycles. The first kappa shape index (κ1) is 21.4. The monoisotopic (exact) mass is 398 g/mol. The number of aromatic hydroxyl groups is 1. The van der Waals surface area contributed by atoms with E-state index in [1.165, 1.54) is 12.1 Å². The standard InChI is InChI=1S/C20H25F2O4P/c1-12(2)17-10-15(6-7-19(17)23)11-18-13(3)8-16(9-14(18)4)26-20(21,22)27(5,24)25/h6-10,12,23H,11H2,1-5H3,(H,24,25). The number of ether oxygens (including phenoxy) is 1. The van der Waals surface area contributed by atoms with Crippen molar-refractivity contribution in [3.63, 3.8) is 0 Å². The first-order valence-corrected chi connectivity index (χ1v) is 10.7. The number of aryl methyl sites for hydroxylation is 2. The maximum atomic E-state index is 13.7. The summed E-state index contributed by atoms with van der Waals surface area (Å²) in [5.74, 6) is -3.87. The van der Waals surface area contributed by atoms with Gasteiger partial charge in [-0.2, -0.15) is 8.78 Å². The first-order chi connectivity index (χ1) is 12.3. The van der Waals surface area contributed by atoms with Crippen LogP contribution in [0.1, 0.15) is 47.6 Å². The summed E-state index contributed by atoms with van der Waals surface area (Å²) in [6, 6.07) is 8.31. The van der Waals surface area contributed by atoms with Crippen LogP contribution in [0, 0.1) is 13.8 Å². The van der Waals surface area contributed by atoms with Gasteiger partial charge >= 0.3 is 13.2 Å². The Bertz CT molecular complexity index is 865. The molecular formula is C20H25F2O4P. The van der Waals surface area contributed by atoms with Crippen molar-refractivity contribution in [1.29, 1.82) is 0 Å². The minimum atomic E-state index is -4.73. The maximum absolute atomic E-state index is 13.7. The van der Waals surface area contributed by atoms with Crippen LogP contribution < -0.4 is 4.74 Å². The van der Waals surface area contributed by atoms with Crippen LogP contribution >= 0.6 is 7.37 Å². The number of halogens is 2. The summed E-state index contributed by atoms with van der Waals surface area (Å²) >= 11 is 0. The zero-order valence-corrected chi connectivity index (χ0v) is 17.0. The first-order valence-electron chi connectivity index (χ1n) is 8.61. The number of phenols is 1. The van der Waals surface area contributed by atoms with Gasteiger partial charge in [-0.25, -0.2) is 0 Å². The molecule has 27 heavy (non-hydrogen) atoms. The second kappa shape index (κ2) is 7.61. The van der Waals surface area contributed by atoms with Crippen molar-refractivity contribution in [3.8, 4) is 11.5 Å². The van der Waals surface area contributed by atoms with E-state index >= 15 is 0 Å². The van der Waals surface area contributed by atoms with E-state index in [0.29, 0.717) is 13.1 Å². The van der Waals surface area contributed by atoms with Gasteiger partial charge in [-0.1, -0.05) is 26.0 Å². The lowest BCUT2D eigenvalue weighted by Gasteiger charge is -2.21. The zero-order valence-electron chi connectivity index (χ0n) is 16.1. The van der Waals surface area contributed by atoms with Gasteiger partial charge in [-0.15, -0.1) is 0 Å². The molecule has 1 unspecified atom stereocenters. The molecule has 0 aliphatic rings. The Balaban J connectivity index is 2.33. The molecule has 0 aromatic heterocycles. The van der Waals surface area contributed by atoms with Crippen molar-refractivity contribution in [3.05, 3.63) is 58.1 Å². The molecule has 0 spiro atoms. The molecule has 0 radical (unpaired) electrons. The Morgan fingerprint density at radius 2 is 1.70 bits per heavy atom. The summed E-state index contributed by atoms with van der Waals surface area (Å²) in [6.45, 7) is 8.12. The summed E-state index contributed by atoms with van der Waals surface area (Å²) in [5, 5.41) is 9.96. The molecule has 7 heteroatoms. The summed E-state index contributed by atoms with van der Waals surface area (Å²) < 4.78 is 43.3. The average Bonchev–Trinajstić information content (AvgIpc) is 2.50. The predicted molar refractivity (Wildman–Crippen MR) is 102 cm³/mol. The number of rotatable bonds is 6. The van der Waals surface area contributed by atoms with Gasteiger partial charge < -0.3 is 14.7 Å². The topological polar surface area (TPSA) is 66.8 Å². The van der Waals surface area contributed by atoms with Gasteiger partial charge in [0, 0.05) is 6.66 Å². The highest BCUT2D eigenvalue weighted by molar-refractivity contribution is 7.58. The molecule has 0 aliphatic heterocycles. The van der Waals surface area contributed by atoms with Crippen molar-refractivity contribution in [2.45, 2.75) is 45.9 Å². The van der Waals surface area contributed by atoms with Gasteiger partial charge in [0.2, 0.25) is 0 Å². The number of alkyl halides is 2. The quantitative estimate of drug-likeness (QED) is 0.626. The molecule has 0 saturated heterocycles. The SMILES string of the molecule is Cc1cc(OC(F)(F)P(C)(=O)O)cc(C)c1Cc1ccc(O)c(C(C)C)c1. The van der Waals surface area contributed by atoms with Crippen molar-refractivity contribution < 1.29 is 28.1 Å². The van der Waals surface area contributed by atoms with E-state index in [2.05, 4.69) is 4.74 Å². The fraction of sp³-hybridized carbons (Fsp3) is 0.400. The number of hydrogen-bond donors (Lipinski definition) is 2. The third-order valence-corrected chi connectivity index (χ3v) is 5.55. The molecule has 2 rings (SSSR count). The van der Waals surface area contributed by atoms with Crippen LogP contribution in [0.25, 0.3) is 0 Å². The molecule has 1 atom stereocenters. The van der Waals surface area contributed by atoms with Gasteiger partial charge in [-0.3, -0.25) is 4.57 Å². The van der Waals surface area contributed by atoms with Gasteiger partial charge in [-0.05, 0) is 72.2 Å². The summed E-state index contributed by atoms with van der Waals surface area (Å²) in [6.07, 6.45) is 0.570. The van der Waals surface area contributed by atoms with E-state index in [0.717, 1.165) is 27.8 Å². The van der Waals surface area contributed by atoms with Crippen LogP contribution in [0.2, 0.25) is 0 Å². The molecule has 148 valence electrons. The molecule has 2 aromatic carbocycles. The van der Waals surface area contributed by atoms with E-state index in [4.69, 9.17) is 4.89 Å². The summed E-state index contributed by atoms with van der Waals surface area (Å²) in [5.41, 5.74) is 4.28. The molecule has 0 heterocycles. The Labute approximate surface area is 158 Å². The van der Waals surface area contributed by atoms with Crippen molar-refractivity contribution in [2.24, 2.45) is 0 Å². The van der Waals surface area contributed by atoms with Gasteiger partial charge in [0.25, 0.3) is 0 Å². The number of hydrogen-bond acceptors (Lipinski definition) is 3. The fourth-order valence-electron chi connectivity index (χ4n) is 2.90. The Morgan fingerprint density at radius 1 is 1.15 bits per heavy atom. The second-order valence-electron chi connectivity index (χ2n) is 7.23. The predicted octanol–water partition coefficient (Wildman–Crippen LogP) is 5.55. The highest BCUT2D eigenvalue weighted by Gasteiger charge is 2.49. The maximum Gasteiger partial charge on any atom is 0.475 e. The molecule has 0 fully saturated rings. The van der Waals surface area contributed by atoms with Crippen molar-refractivity contribution in [1.82, 2.24) is 0 Å². The Morgan fingerprint density at radius 3 is 2.19 bits per heavy atom. The molecule has 0 saturated carbocycles. The lowest BCUT2D eigenvalue weighted by Crippen LogP contribution is -2.24. The third-order valence-electron chi connectivity index (χ3n) is 4.49. The lowest BCUT2D eigenvalue weighted by atomic mass is 9.93. The van der Waals surface area contributed by atoms with E-state index in [9.17, 15) is 18.5 Å². The van der Waals surface area contributed by atoms with Crippen molar-refractivity contribution >= 4 is 7.37 Å². The number of benzene rings is 2. The largest absolute Gasteiger partial charge is 0.508 e. The van der Waals surface area contributed by atoms with Crippen LogP contribution in [0.4, 0.5) is 8.78 Å². The lowest BCUT2D eigenvalue weighted by molar-refractivity contribution is -0.106. The Hall–Kier alpha value is -1.91. The van der Waals surface area contributed by atoms with E-state index in [-0.39, 0.29) is 17.4 Å². The van der Waals surface area contributed by atoms with Gasteiger partial charge in [0.1, 0.15) is 11.5 Å². The summed E-state index contributed by atoms with van der Waals surface area (Å²) in [4.78, 5) is 9.15. The van der Waals surface area contributed by atoms with E-state index < -0.39 is 13.2 Å². The van der Waals surface area contributed by atoms with E-state index in [1.54, 1.807) is 19.9 Å². The van der Waals surface area contributed by atoms with Crippen LogP contribution in [-0.2, 0) is 11.0 Å². The molecule has 2 aromatic rings. The average molecular weight is 398 g/mol. The highest BCUT2D eigenvalue weighted by Crippen LogP contribution is 2.53. The number of phenolic OH excluding ortho intramolecular Hbond substituents is 1. The minimum Gasteiger partial charge on any atom is -0.508 e. The fourth-order valence-corrected chi connectivity index (χ4v) is 3.17. The molecule has 0 amide bonds. The molecule has 2 N–H and O–H groups in total. The third kappa shape index (κ3) is 4.88. The second-order valence-corrected chi connectivity index (χ2v) is 9.51. The van der Waals surface area contributed by atoms with Crippen LogP contribution in [0.15, 0.2) is 30.3 Å². The minimum absolute atomic E-state index is 0.150. The van der Waals surface area contributed by atoms with Crippen molar-refractivity contribution in [2.75, 3.05) is 6.66 Å². The normalized spacial score (nSPS) is 14.3. The summed E-state index contributed by atoms with van der Waals surface area (Å²) in [7, 11) is -4.73. The van der Waals surface area contributed by atoms with Gasteiger partial charge in [0.15, 0.2) is 0 Å². The molecule has 0 bridgehead atoms. The van der Waals surface area contributed by atoms with Crippen LogP contribution in [-0.4, -0.2) is 22.5 Å². The molecular weight excluding hydrogens is 373 g/mol. The van der Waals surface area contributed by atoms with E-state index in [1.807, 2.05) is 26.0 Å². The van der Waals surface area contributed by atoms with Crippen LogP contribution in [0.3, 0.4) is 0 Å². The Kier molecular flexibility index (Phi) is 6.03.